The number of amides is 1. The van der Waals surface area contributed by atoms with Crippen LogP contribution in [0.25, 0.3) is 0 Å². The second-order valence-corrected chi connectivity index (χ2v) is 6.04. The fourth-order valence-electron chi connectivity index (χ4n) is 1.72. The minimum atomic E-state index is -0.408. The van der Waals surface area contributed by atoms with Crippen molar-refractivity contribution in [3.63, 3.8) is 0 Å². The van der Waals surface area contributed by atoms with Gasteiger partial charge in [0, 0.05) is 24.1 Å². The number of carbonyl (C=O) groups excluding carboxylic acids is 1. The summed E-state index contributed by atoms with van der Waals surface area (Å²) in [7, 11) is 1.67. The Hall–Kier alpha value is -0.870. The molecule has 2 N–H and O–H groups in total. The lowest BCUT2D eigenvalue weighted by Gasteiger charge is -2.25. The van der Waals surface area contributed by atoms with Gasteiger partial charge in [0.25, 0.3) is 0 Å². The van der Waals surface area contributed by atoms with E-state index in [1.54, 1.807) is 7.05 Å². The predicted molar refractivity (Wildman–Crippen MR) is 78.4 cm³/mol. The number of halogens is 1. The van der Waals surface area contributed by atoms with Gasteiger partial charge >= 0.3 is 0 Å². The van der Waals surface area contributed by atoms with E-state index in [0.29, 0.717) is 6.54 Å². The van der Waals surface area contributed by atoms with E-state index in [1.807, 2.05) is 26.0 Å². The Labute approximate surface area is 117 Å². The lowest BCUT2D eigenvalue weighted by Crippen LogP contribution is -2.42. The summed E-state index contributed by atoms with van der Waals surface area (Å²) in [5.74, 6) is 0.0523. The van der Waals surface area contributed by atoms with Gasteiger partial charge in [0.2, 0.25) is 5.91 Å². The van der Waals surface area contributed by atoms with E-state index in [1.165, 1.54) is 5.56 Å². The van der Waals surface area contributed by atoms with Gasteiger partial charge in [0.15, 0.2) is 0 Å². The van der Waals surface area contributed by atoms with Crippen LogP contribution in [0.1, 0.15) is 32.4 Å². The van der Waals surface area contributed by atoms with Gasteiger partial charge in [-0.3, -0.25) is 4.79 Å². The fourth-order valence-corrected chi connectivity index (χ4v) is 2.14. The molecule has 0 bridgehead atoms. The van der Waals surface area contributed by atoms with Crippen molar-refractivity contribution in [3.8, 4) is 0 Å². The number of rotatable bonds is 5. The smallest absolute Gasteiger partial charge is 0.226 e. The molecule has 0 saturated heterocycles. The third-order valence-corrected chi connectivity index (χ3v) is 3.53. The number of hydrogen-bond acceptors (Lipinski definition) is 2. The zero-order valence-corrected chi connectivity index (χ0v) is 13.0. The summed E-state index contributed by atoms with van der Waals surface area (Å²) in [5.41, 5.74) is 0.798. The van der Waals surface area contributed by atoms with Crippen molar-refractivity contribution >= 4 is 21.8 Å². The van der Waals surface area contributed by atoms with Crippen molar-refractivity contribution < 1.29 is 4.79 Å². The summed E-state index contributed by atoms with van der Waals surface area (Å²) in [4.78, 5) is 11.7. The SMILES string of the molecule is CNC(=O)C(C)(C)CNC(C)c1cccc(Br)c1. The van der Waals surface area contributed by atoms with Crippen LogP contribution in [0.5, 0.6) is 0 Å². The van der Waals surface area contributed by atoms with Crippen LogP contribution in [-0.4, -0.2) is 19.5 Å². The van der Waals surface area contributed by atoms with Crippen LogP contribution in [-0.2, 0) is 4.79 Å². The van der Waals surface area contributed by atoms with Crippen molar-refractivity contribution in [2.75, 3.05) is 13.6 Å². The molecule has 0 saturated carbocycles. The van der Waals surface area contributed by atoms with Crippen molar-refractivity contribution in [1.29, 1.82) is 0 Å². The third kappa shape index (κ3) is 4.10. The summed E-state index contributed by atoms with van der Waals surface area (Å²) in [6.45, 7) is 6.61. The van der Waals surface area contributed by atoms with Crippen molar-refractivity contribution in [3.05, 3.63) is 34.3 Å². The molecule has 0 aliphatic rings. The summed E-state index contributed by atoms with van der Waals surface area (Å²) >= 11 is 3.46. The highest BCUT2D eigenvalue weighted by atomic mass is 79.9. The van der Waals surface area contributed by atoms with Crippen molar-refractivity contribution in [2.45, 2.75) is 26.8 Å². The lowest BCUT2D eigenvalue weighted by molar-refractivity contribution is -0.128. The summed E-state index contributed by atoms with van der Waals surface area (Å²) in [5, 5.41) is 6.09. The first kappa shape index (κ1) is 15.2. The molecule has 0 aromatic heterocycles. The van der Waals surface area contributed by atoms with Gasteiger partial charge in [-0.05, 0) is 38.5 Å². The number of benzene rings is 1. The van der Waals surface area contributed by atoms with E-state index in [2.05, 4.69) is 45.6 Å². The number of nitrogens with one attached hydrogen (secondary N) is 2. The molecule has 18 heavy (non-hydrogen) atoms. The molecule has 100 valence electrons. The quantitative estimate of drug-likeness (QED) is 0.877. The maximum Gasteiger partial charge on any atom is 0.226 e. The second kappa shape index (κ2) is 6.34. The van der Waals surface area contributed by atoms with Crippen LogP contribution in [0, 0.1) is 5.41 Å². The summed E-state index contributed by atoms with van der Waals surface area (Å²) in [6, 6.07) is 8.40. The zero-order chi connectivity index (χ0) is 13.8. The molecule has 4 heteroatoms. The van der Waals surface area contributed by atoms with E-state index in [9.17, 15) is 4.79 Å². The second-order valence-electron chi connectivity index (χ2n) is 5.12. The van der Waals surface area contributed by atoms with E-state index in [-0.39, 0.29) is 11.9 Å². The minimum Gasteiger partial charge on any atom is -0.359 e. The molecular formula is C14H21BrN2O. The molecule has 1 unspecified atom stereocenters. The van der Waals surface area contributed by atoms with Gasteiger partial charge in [-0.25, -0.2) is 0 Å². The molecule has 1 aromatic carbocycles. The van der Waals surface area contributed by atoms with E-state index in [4.69, 9.17) is 0 Å². The fraction of sp³-hybridized carbons (Fsp3) is 0.500. The van der Waals surface area contributed by atoms with E-state index >= 15 is 0 Å². The lowest BCUT2D eigenvalue weighted by atomic mass is 9.91. The molecule has 0 aliphatic heterocycles. The molecule has 1 amide bonds. The maximum atomic E-state index is 11.7. The summed E-state index contributed by atoms with van der Waals surface area (Å²) < 4.78 is 1.07. The Morgan fingerprint density at radius 1 is 1.44 bits per heavy atom. The average Bonchev–Trinajstić information content (AvgIpc) is 2.35. The highest BCUT2D eigenvalue weighted by Gasteiger charge is 2.26. The molecule has 0 aliphatic carbocycles. The van der Waals surface area contributed by atoms with Crippen LogP contribution in [0.2, 0.25) is 0 Å². The molecule has 0 spiro atoms. The highest BCUT2D eigenvalue weighted by molar-refractivity contribution is 9.10. The molecule has 1 rings (SSSR count). The molecular weight excluding hydrogens is 292 g/mol. The zero-order valence-electron chi connectivity index (χ0n) is 11.4. The van der Waals surface area contributed by atoms with Gasteiger partial charge in [0.05, 0.1) is 5.41 Å². The molecule has 0 radical (unpaired) electrons. The Morgan fingerprint density at radius 3 is 2.67 bits per heavy atom. The molecule has 0 fully saturated rings. The van der Waals surface area contributed by atoms with Crippen molar-refractivity contribution in [2.24, 2.45) is 5.41 Å². The minimum absolute atomic E-state index is 0.0523. The molecule has 3 nitrogen and oxygen atoms in total. The topological polar surface area (TPSA) is 41.1 Å². The van der Waals surface area contributed by atoms with Crippen LogP contribution in [0.3, 0.4) is 0 Å². The Kier molecular flexibility index (Phi) is 5.35. The van der Waals surface area contributed by atoms with E-state index in [0.717, 1.165) is 4.47 Å². The monoisotopic (exact) mass is 312 g/mol. The first-order valence-electron chi connectivity index (χ1n) is 6.08. The third-order valence-electron chi connectivity index (χ3n) is 3.04. The van der Waals surface area contributed by atoms with Gasteiger partial charge < -0.3 is 10.6 Å². The van der Waals surface area contributed by atoms with Gasteiger partial charge in [-0.2, -0.15) is 0 Å². The number of carbonyl (C=O) groups is 1. The Bertz CT molecular complexity index is 418. The van der Waals surface area contributed by atoms with E-state index < -0.39 is 5.41 Å². The van der Waals surface area contributed by atoms with Crippen molar-refractivity contribution in [1.82, 2.24) is 10.6 Å². The van der Waals surface area contributed by atoms with Crippen LogP contribution in [0.4, 0.5) is 0 Å². The normalized spacial score (nSPS) is 13.2. The van der Waals surface area contributed by atoms with Gasteiger partial charge in [-0.1, -0.05) is 28.1 Å². The predicted octanol–water partition coefficient (Wildman–Crippen LogP) is 2.87. The van der Waals surface area contributed by atoms with Gasteiger partial charge in [-0.15, -0.1) is 0 Å². The first-order valence-corrected chi connectivity index (χ1v) is 6.87. The average molecular weight is 313 g/mol. The molecule has 1 atom stereocenters. The largest absolute Gasteiger partial charge is 0.359 e. The standard InChI is InChI=1S/C14H21BrN2O/c1-10(11-6-5-7-12(15)8-11)17-9-14(2,3)13(18)16-4/h5-8,10,17H,9H2,1-4H3,(H,16,18). The first-order chi connectivity index (χ1) is 8.36. The Morgan fingerprint density at radius 2 is 2.11 bits per heavy atom. The summed E-state index contributed by atoms with van der Waals surface area (Å²) in [6.07, 6.45) is 0. The highest BCUT2D eigenvalue weighted by Crippen LogP contribution is 2.20. The molecule has 1 aromatic rings. The van der Waals surface area contributed by atoms with Crippen LogP contribution >= 0.6 is 15.9 Å². The number of hydrogen-bond donors (Lipinski definition) is 2. The molecule has 0 heterocycles. The van der Waals surface area contributed by atoms with Gasteiger partial charge in [0.1, 0.15) is 0 Å². The Balaban J connectivity index is 2.61. The van der Waals surface area contributed by atoms with Crippen LogP contribution < -0.4 is 10.6 Å². The van der Waals surface area contributed by atoms with Crippen LogP contribution in [0.15, 0.2) is 28.7 Å². The maximum absolute atomic E-state index is 11.7.